The van der Waals surface area contributed by atoms with Crippen LogP contribution in [0.2, 0.25) is 0 Å². The van der Waals surface area contributed by atoms with Crippen LogP contribution in [0.4, 0.5) is 5.82 Å². The molecule has 3 N–H and O–H groups in total. The van der Waals surface area contributed by atoms with Gasteiger partial charge < -0.3 is 10.7 Å². The molecule has 2 heterocycles. The summed E-state index contributed by atoms with van der Waals surface area (Å²) in [4.78, 5) is 7.29. The zero-order valence-electron chi connectivity index (χ0n) is 8.64. The Morgan fingerprint density at radius 3 is 2.75 bits per heavy atom. The topological polar surface area (TPSA) is 54.7 Å². The van der Waals surface area contributed by atoms with Gasteiger partial charge in [-0.3, -0.25) is 4.98 Å². The molecule has 0 bridgehead atoms. The summed E-state index contributed by atoms with van der Waals surface area (Å²) in [6.07, 6.45) is 3.58. The van der Waals surface area contributed by atoms with Crippen molar-refractivity contribution in [3.63, 3.8) is 0 Å². The number of pyridine rings is 1. The molecule has 78 valence electrons. The summed E-state index contributed by atoms with van der Waals surface area (Å²) in [6, 6.07) is 12.0. The van der Waals surface area contributed by atoms with Crippen LogP contribution in [-0.2, 0) is 0 Å². The number of hydrogen-bond acceptors (Lipinski definition) is 2. The Labute approximate surface area is 92.9 Å². The van der Waals surface area contributed by atoms with Crippen molar-refractivity contribution in [3.05, 3.63) is 48.8 Å². The molecule has 3 nitrogen and oxygen atoms in total. The second-order valence-corrected chi connectivity index (χ2v) is 3.70. The highest BCUT2D eigenvalue weighted by Crippen LogP contribution is 2.33. The summed E-state index contributed by atoms with van der Waals surface area (Å²) < 4.78 is 0. The molecule has 0 radical (unpaired) electrons. The minimum Gasteiger partial charge on any atom is -0.385 e. The molecule has 0 saturated heterocycles. The van der Waals surface area contributed by atoms with E-state index in [-0.39, 0.29) is 0 Å². The van der Waals surface area contributed by atoms with E-state index in [4.69, 9.17) is 5.73 Å². The van der Waals surface area contributed by atoms with E-state index >= 15 is 0 Å². The Morgan fingerprint density at radius 1 is 1.06 bits per heavy atom. The van der Waals surface area contributed by atoms with Crippen LogP contribution >= 0.6 is 0 Å². The number of hydrogen-bond donors (Lipinski definition) is 2. The minimum absolute atomic E-state index is 0.689. The third-order valence-corrected chi connectivity index (χ3v) is 2.69. The van der Waals surface area contributed by atoms with Gasteiger partial charge in [0.05, 0.1) is 0 Å². The number of nitrogens with two attached hydrogens (primary N) is 1. The first-order valence-corrected chi connectivity index (χ1v) is 5.13. The average molecular weight is 209 g/mol. The first-order valence-electron chi connectivity index (χ1n) is 5.13. The Kier molecular flexibility index (Phi) is 1.90. The number of nitrogens with zero attached hydrogens (tertiary/aromatic N) is 1. The van der Waals surface area contributed by atoms with Gasteiger partial charge in [-0.15, -0.1) is 0 Å². The largest absolute Gasteiger partial charge is 0.385 e. The lowest BCUT2D eigenvalue weighted by Gasteiger charge is -1.99. The Hall–Kier alpha value is -2.29. The second kappa shape index (κ2) is 3.38. The number of aromatic amines is 1. The van der Waals surface area contributed by atoms with Gasteiger partial charge in [0.1, 0.15) is 5.82 Å². The molecule has 0 spiro atoms. The van der Waals surface area contributed by atoms with Crippen LogP contribution in [0.1, 0.15) is 0 Å². The summed E-state index contributed by atoms with van der Waals surface area (Å²) >= 11 is 0. The number of benzene rings is 1. The summed E-state index contributed by atoms with van der Waals surface area (Å²) in [5.41, 5.74) is 9.13. The molecule has 3 rings (SSSR count). The summed E-state index contributed by atoms with van der Waals surface area (Å²) in [5.74, 6) is 0.689. The van der Waals surface area contributed by atoms with Gasteiger partial charge in [0.25, 0.3) is 0 Å². The van der Waals surface area contributed by atoms with E-state index < -0.39 is 0 Å². The van der Waals surface area contributed by atoms with Gasteiger partial charge in [-0.2, -0.15) is 0 Å². The van der Waals surface area contributed by atoms with Crippen molar-refractivity contribution in [1.29, 1.82) is 0 Å². The van der Waals surface area contributed by atoms with E-state index in [1.54, 1.807) is 6.20 Å². The molecule has 0 aliphatic carbocycles. The summed E-state index contributed by atoms with van der Waals surface area (Å²) in [5, 5.41) is 1.13. The van der Waals surface area contributed by atoms with E-state index in [2.05, 4.69) is 16.0 Å². The summed E-state index contributed by atoms with van der Waals surface area (Å²) in [7, 11) is 0. The zero-order chi connectivity index (χ0) is 11.0. The fraction of sp³-hybridized carbons (Fsp3) is 0. The maximum Gasteiger partial charge on any atom is 0.109 e. The maximum absolute atomic E-state index is 6.00. The van der Waals surface area contributed by atoms with Crippen molar-refractivity contribution < 1.29 is 0 Å². The molecule has 0 unspecified atom stereocenters. The van der Waals surface area contributed by atoms with Crippen molar-refractivity contribution in [2.45, 2.75) is 0 Å². The highest BCUT2D eigenvalue weighted by Gasteiger charge is 2.10. The predicted octanol–water partition coefficient (Wildman–Crippen LogP) is 2.81. The van der Waals surface area contributed by atoms with Gasteiger partial charge in [-0.05, 0) is 12.1 Å². The standard InChI is InChI=1S/C13H11N3/c14-13-12(9-4-3-7-15-8-9)10-5-1-2-6-11(10)16-13/h1-8,16H,14H2. The predicted molar refractivity (Wildman–Crippen MR) is 65.9 cm³/mol. The highest BCUT2D eigenvalue weighted by atomic mass is 14.9. The molecular weight excluding hydrogens is 198 g/mol. The lowest BCUT2D eigenvalue weighted by molar-refractivity contribution is 1.33. The van der Waals surface area contributed by atoms with Gasteiger partial charge in [-0.1, -0.05) is 24.3 Å². The Balaban J connectivity index is 2.35. The number of rotatable bonds is 1. The lowest BCUT2D eigenvalue weighted by Crippen LogP contribution is -1.87. The number of fused-ring (bicyclic) bond motifs is 1. The van der Waals surface area contributed by atoms with Crippen molar-refractivity contribution in [1.82, 2.24) is 9.97 Å². The number of anilines is 1. The molecule has 3 heteroatoms. The van der Waals surface area contributed by atoms with Gasteiger partial charge in [0, 0.05) is 34.4 Å². The van der Waals surface area contributed by atoms with E-state index in [1.165, 1.54) is 0 Å². The van der Waals surface area contributed by atoms with Crippen molar-refractivity contribution >= 4 is 16.7 Å². The lowest BCUT2D eigenvalue weighted by atomic mass is 10.1. The quantitative estimate of drug-likeness (QED) is 0.647. The number of nitrogens with one attached hydrogen (secondary N) is 1. The van der Waals surface area contributed by atoms with Crippen LogP contribution in [0.15, 0.2) is 48.8 Å². The van der Waals surface area contributed by atoms with Gasteiger partial charge >= 0.3 is 0 Å². The van der Waals surface area contributed by atoms with Crippen molar-refractivity contribution in [2.24, 2.45) is 0 Å². The van der Waals surface area contributed by atoms with Crippen LogP contribution in [-0.4, -0.2) is 9.97 Å². The molecule has 2 aromatic heterocycles. The molecule has 3 aromatic rings. The third kappa shape index (κ3) is 1.26. The fourth-order valence-electron chi connectivity index (χ4n) is 1.98. The molecule has 0 aliphatic rings. The van der Waals surface area contributed by atoms with E-state index in [1.807, 2.05) is 36.5 Å². The fourth-order valence-corrected chi connectivity index (χ4v) is 1.98. The van der Waals surface area contributed by atoms with Crippen LogP contribution < -0.4 is 5.73 Å². The zero-order valence-corrected chi connectivity index (χ0v) is 8.64. The normalized spacial score (nSPS) is 10.8. The van der Waals surface area contributed by atoms with E-state index in [0.717, 1.165) is 22.0 Å². The molecule has 16 heavy (non-hydrogen) atoms. The number of para-hydroxylation sites is 1. The number of aromatic nitrogens is 2. The second-order valence-electron chi connectivity index (χ2n) is 3.70. The molecule has 0 saturated carbocycles. The van der Waals surface area contributed by atoms with Gasteiger partial charge in [0.15, 0.2) is 0 Å². The molecule has 0 fully saturated rings. The summed E-state index contributed by atoms with van der Waals surface area (Å²) in [6.45, 7) is 0. The molecule has 0 atom stereocenters. The SMILES string of the molecule is Nc1[nH]c2ccccc2c1-c1cccnc1. The number of H-pyrrole nitrogens is 1. The monoisotopic (exact) mass is 209 g/mol. The highest BCUT2D eigenvalue weighted by molar-refractivity contribution is 6.01. The molecule has 0 aliphatic heterocycles. The Morgan fingerprint density at radius 2 is 1.94 bits per heavy atom. The van der Waals surface area contributed by atoms with Crippen LogP contribution in [0.5, 0.6) is 0 Å². The first-order chi connectivity index (χ1) is 7.86. The van der Waals surface area contributed by atoms with Crippen LogP contribution in [0, 0.1) is 0 Å². The van der Waals surface area contributed by atoms with Gasteiger partial charge in [-0.25, -0.2) is 0 Å². The number of nitrogen functional groups attached to an aromatic ring is 1. The first kappa shape index (κ1) is 8.97. The third-order valence-electron chi connectivity index (χ3n) is 2.69. The van der Waals surface area contributed by atoms with Crippen molar-refractivity contribution in [2.75, 3.05) is 5.73 Å². The minimum atomic E-state index is 0.689. The van der Waals surface area contributed by atoms with Crippen LogP contribution in [0.3, 0.4) is 0 Å². The average Bonchev–Trinajstić information content (AvgIpc) is 2.66. The maximum atomic E-state index is 6.00. The van der Waals surface area contributed by atoms with Crippen molar-refractivity contribution in [3.8, 4) is 11.1 Å². The Bertz CT molecular complexity index is 626. The van der Waals surface area contributed by atoms with Crippen LogP contribution in [0.25, 0.3) is 22.0 Å². The van der Waals surface area contributed by atoms with E-state index in [0.29, 0.717) is 5.82 Å². The van der Waals surface area contributed by atoms with E-state index in [9.17, 15) is 0 Å². The molecular formula is C13H11N3. The molecule has 0 amide bonds. The smallest absolute Gasteiger partial charge is 0.109 e. The van der Waals surface area contributed by atoms with Gasteiger partial charge in [0.2, 0.25) is 0 Å². The molecule has 1 aromatic carbocycles.